The molecule has 3 aromatic rings. The van der Waals surface area contributed by atoms with Crippen molar-refractivity contribution in [1.29, 1.82) is 0 Å². The van der Waals surface area contributed by atoms with Gasteiger partial charge in [0.1, 0.15) is 17.5 Å². The van der Waals surface area contributed by atoms with Gasteiger partial charge in [0.15, 0.2) is 5.75 Å². The van der Waals surface area contributed by atoms with E-state index < -0.39 is 12.0 Å². The first-order valence-electron chi connectivity index (χ1n) is 9.25. The number of carbonyl (C=O) groups is 1. The molecule has 2 aromatic carbocycles. The van der Waals surface area contributed by atoms with E-state index in [9.17, 15) is 9.59 Å². The van der Waals surface area contributed by atoms with Crippen LogP contribution in [0.4, 0.5) is 0 Å². The number of carboxylic acid groups (broad SMARTS) is 1. The largest absolute Gasteiger partial charge is 0.496 e. The summed E-state index contributed by atoms with van der Waals surface area (Å²) in [6, 6.07) is 11.7. The Hall–Kier alpha value is -2.12. The molecule has 0 radical (unpaired) electrons. The number of methoxy groups -OCH3 is 1. The second-order valence-electron chi connectivity index (χ2n) is 6.85. The van der Waals surface area contributed by atoms with Gasteiger partial charge in [-0.3, -0.25) is 9.59 Å². The van der Waals surface area contributed by atoms with Gasteiger partial charge in [-0.05, 0) is 93.1 Å². The Morgan fingerprint density at radius 2 is 1.84 bits per heavy atom. The molecule has 0 spiro atoms. The Balaban J connectivity index is 1.86. The number of halogens is 2. The molecule has 0 fully saturated rings. The van der Waals surface area contributed by atoms with Crippen molar-refractivity contribution >= 4 is 51.2 Å². The fourth-order valence-corrected chi connectivity index (χ4v) is 5.13. The van der Waals surface area contributed by atoms with E-state index in [0.29, 0.717) is 17.9 Å². The first-order valence-corrected chi connectivity index (χ1v) is 11.4. The van der Waals surface area contributed by atoms with Crippen LogP contribution in [-0.4, -0.2) is 29.2 Å². The minimum atomic E-state index is -1.03. The molecule has 1 aromatic heterocycles. The molecule has 9 heteroatoms. The number of hydrogen-bond acceptors (Lipinski definition) is 5. The second-order valence-corrected chi connectivity index (χ2v) is 9.18. The number of carboxylic acids is 1. The third-order valence-electron chi connectivity index (χ3n) is 4.55. The maximum absolute atomic E-state index is 11.3. The summed E-state index contributed by atoms with van der Waals surface area (Å²) in [5.41, 5.74) is 8.21. The van der Waals surface area contributed by atoms with Crippen LogP contribution < -0.4 is 20.8 Å². The molecule has 0 amide bonds. The SMILES string of the molecule is COc1ccc(Oc2c(I)cc(C[C@H](N)C(=O)O)cc2I)cc1Cc1ccc(=O)[nH]c1. The zero-order valence-corrected chi connectivity index (χ0v) is 20.8. The van der Waals surface area contributed by atoms with Gasteiger partial charge in [0.05, 0.1) is 14.3 Å². The van der Waals surface area contributed by atoms with Crippen LogP contribution in [0.1, 0.15) is 16.7 Å². The number of aliphatic carboxylic acids is 1. The van der Waals surface area contributed by atoms with Crippen LogP contribution >= 0.6 is 45.2 Å². The molecule has 0 saturated carbocycles. The molecule has 0 aliphatic carbocycles. The molecule has 31 heavy (non-hydrogen) atoms. The van der Waals surface area contributed by atoms with Crippen molar-refractivity contribution in [2.24, 2.45) is 5.73 Å². The first kappa shape index (κ1) is 23.5. The van der Waals surface area contributed by atoms with Crippen LogP contribution in [0.3, 0.4) is 0 Å². The third-order valence-corrected chi connectivity index (χ3v) is 6.15. The smallest absolute Gasteiger partial charge is 0.320 e. The van der Waals surface area contributed by atoms with Crippen molar-refractivity contribution in [3.63, 3.8) is 0 Å². The standard InChI is InChI=1S/C22H20I2N2O5/c1-30-19-4-3-15(10-14(19)6-12-2-5-20(27)26-11-12)31-21-16(23)7-13(8-17(21)24)9-18(25)22(28)29/h2-5,7-8,10-11,18H,6,9,25H2,1H3,(H,26,27)(H,28,29)/t18-/m0/s1. The number of pyridine rings is 1. The highest BCUT2D eigenvalue weighted by molar-refractivity contribution is 14.1. The lowest BCUT2D eigenvalue weighted by molar-refractivity contribution is -0.138. The number of aromatic nitrogens is 1. The van der Waals surface area contributed by atoms with Gasteiger partial charge in [-0.1, -0.05) is 6.07 Å². The van der Waals surface area contributed by atoms with Crippen LogP contribution in [-0.2, 0) is 17.6 Å². The lowest BCUT2D eigenvalue weighted by Gasteiger charge is -2.15. The van der Waals surface area contributed by atoms with Gasteiger partial charge in [0.25, 0.3) is 0 Å². The molecule has 0 aliphatic heterocycles. The normalized spacial score (nSPS) is 11.7. The molecule has 7 nitrogen and oxygen atoms in total. The number of H-pyrrole nitrogens is 1. The fourth-order valence-electron chi connectivity index (χ4n) is 3.02. The Labute approximate surface area is 206 Å². The Bertz CT molecular complexity index is 1120. The van der Waals surface area contributed by atoms with Gasteiger partial charge >= 0.3 is 5.97 Å². The topological polar surface area (TPSA) is 115 Å². The van der Waals surface area contributed by atoms with E-state index in [2.05, 4.69) is 50.2 Å². The van der Waals surface area contributed by atoms with Crippen LogP contribution in [0, 0.1) is 7.14 Å². The Kier molecular flexibility index (Phi) is 7.94. The summed E-state index contributed by atoms with van der Waals surface area (Å²) >= 11 is 4.34. The predicted octanol–water partition coefficient (Wildman–Crippen LogP) is 3.93. The maximum atomic E-state index is 11.3. The van der Waals surface area contributed by atoms with Gasteiger partial charge in [-0.2, -0.15) is 0 Å². The van der Waals surface area contributed by atoms with E-state index >= 15 is 0 Å². The highest BCUT2D eigenvalue weighted by Crippen LogP contribution is 2.35. The van der Waals surface area contributed by atoms with Crippen molar-refractivity contribution in [2.45, 2.75) is 18.9 Å². The second kappa shape index (κ2) is 10.5. The maximum Gasteiger partial charge on any atom is 0.320 e. The molecular formula is C22H20I2N2O5. The summed E-state index contributed by atoms with van der Waals surface area (Å²) in [6.07, 6.45) is 2.49. The number of rotatable bonds is 8. The van der Waals surface area contributed by atoms with Crippen molar-refractivity contribution in [2.75, 3.05) is 7.11 Å². The molecule has 0 saturated heterocycles. The lowest BCUT2D eigenvalue weighted by Crippen LogP contribution is -2.32. The quantitative estimate of drug-likeness (QED) is 0.320. The van der Waals surface area contributed by atoms with Crippen LogP contribution in [0.15, 0.2) is 53.5 Å². The monoisotopic (exact) mass is 646 g/mol. The van der Waals surface area contributed by atoms with Crippen molar-refractivity contribution in [3.05, 3.63) is 82.8 Å². The third kappa shape index (κ3) is 6.20. The minimum Gasteiger partial charge on any atom is -0.496 e. The number of nitrogens with one attached hydrogen (secondary N) is 1. The number of hydrogen-bond donors (Lipinski definition) is 3. The average molecular weight is 646 g/mol. The van der Waals surface area contributed by atoms with E-state index in [1.807, 2.05) is 30.3 Å². The van der Waals surface area contributed by atoms with Crippen LogP contribution in [0.5, 0.6) is 17.2 Å². The van der Waals surface area contributed by atoms with E-state index in [-0.39, 0.29) is 12.0 Å². The summed E-state index contributed by atoms with van der Waals surface area (Å²) in [6.45, 7) is 0. The summed E-state index contributed by atoms with van der Waals surface area (Å²) in [4.78, 5) is 25.0. The summed E-state index contributed by atoms with van der Waals surface area (Å²) in [5, 5.41) is 9.04. The zero-order chi connectivity index (χ0) is 22.5. The fraction of sp³-hybridized carbons (Fsp3) is 0.182. The highest BCUT2D eigenvalue weighted by atomic mass is 127. The van der Waals surface area contributed by atoms with E-state index in [1.54, 1.807) is 19.4 Å². The number of nitrogens with two attached hydrogens (primary N) is 1. The highest BCUT2D eigenvalue weighted by Gasteiger charge is 2.16. The molecule has 4 N–H and O–H groups in total. The number of benzene rings is 2. The molecular weight excluding hydrogens is 626 g/mol. The zero-order valence-electron chi connectivity index (χ0n) is 16.5. The molecule has 1 atom stereocenters. The van der Waals surface area contributed by atoms with Crippen LogP contribution in [0.25, 0.3) is 0 Å². The van der Waals surface area contributed by atoms with Crippen molar-refractivity contribution < 1.29 is 19.4 Å². The Morgan fingerprint density at radius 1 is 1.13 bits per heavy atom. The van der Waals surface area contributed by atoms with Gasteiger partial charge in [0, 0.05) is 24.2 Å². The first-order chi connectivity index (χ1) is 14.8. The minimum absolute atomic E-state index is 0.148. The molecule has 0 bridgehead atoms. The van der Waals surface area contributed by atoms with E-state index in [1.165, 1.54) is 6.07 Å². The van der Waals surface area contributed by atoms with Crippen LogP contribution in [0.2, 0.25) is 0 Å². The van der Waals surface area contributed by atoms with Gasteiger partial charge in [-0.25, -0.2) is 0 Å². The van der Waals surface area contributed by atoms with Crippen molar-refractivity contribution in [3.8, 4) is 17.2 Å². The average Bonchev–Trinajstić information content (AvgIpc) is 2.72. The molecule has 162 valence electrons. The summed E-state index contributed by atoms with van der Waals surface area (Å²) < 4.78 is 13.4. The summed E-state index contributed by atoms with van der Waals surface area (Å²) in [7, 11) is 1.61. The molecule has 0 unspecified atom stereocenters. The molecule has 0 aliphatic rings. The van der Waals surface area contributed by atoms with Gasteiger partial charge < -0.3 is 25.3 Å². The lowest BCUT2D eigenvalue weighted by atomic mass is 10.1. The van der Waals surface area contributed by atoms with Crippen molar-refractivity contribution in [1.82, 2.24) is 4.98 Å². The predicted molar refractivity (Wildman–Crippen MR) is 134 cm³/mol. The van der Waals surface area contributed by atoms with Gasteiger partial charge in [0.2, 0.25) is 5.56 Å². The molecule has 3 rings (SSSR count). The summed E-state index contributed by atoms with van der Waals surface area (Å²) in [5.74, 6) is 1.03. The van der Waals surface area contributed by atoms with Gasteiger partial charge in [-0.15, -0.1) is 0 Å². The van der Waals surface area contributed by atoms with E-state index in [0.717, 1.165) is 29.6 Å². The number of aromatic amines is 1. The number of ether oxygens (including phenoxy) is 2. The molecule has 1 heterocycles. The Morgan fingerprint density at radius 3 is 2.42 bits per heavy atom. The van der Waals surface area contributed by atoms with E-state index in [4.69, 9.17) is 20.3 Å².